The Labute approximate surface area is 139 Å². The molecule has 0 radical (unpaired) electrons. The Bertz CT molecular complexity index is 855. The van der Waals surface area contributed by atoms with Crippen LogP contribution in [-0.4, -0.2) is 32.3 Å². The number of benzene rings is 1. The lowest BCUT2D eigenvalue weighted by Gasteiger charge is -2.27. The van der Waals surface area contributed by atoms with E-state index in [4.69, 9.17) is 0 Å². The first-order valence-corrected chi connectivity index (χ1v) is 9.50. The number of fused-ring (bicyclic) bond motifs is 1. The summed E-state index contributed by atoms with van der Waals surface area (Å²) >= 11 is 1.67. The number of hydrogen-bond donors (Lipinski definition) is 0. The minimum Gasteiger partial charge on any atom is -0.465 e. The van der Waals surface area contributed by atoms with E-state index in [1.165, 1.54) is 28.4 Å². The number of thiophene rings is 1. The molecule has 5 nitrogen and oxygen atoms in total. The zero-order valence-electron chi connectivity index (χ0n) is 12.9. The molecule has 0 saturated carbocycles. The Morgan fingerprint density at radius 1 is 1.30 bits per heavy atom. The van der Waals surface area contributed by atoms with Crippen LogP contribution >= 0.6 is 11.3 Å². The number of sulfonamides is 1. The van der Waals surface area contributed by atoms with Crippen molar-refractivity contribution in [2.24, 2.45) is 0 Å². The lowest BCUT2D eigenvalue weighted by atomic mass is 10.1. The summed E-state index contributed by atoms with van der Waals surface area (Å²) in [6.07, 6.45) is 0.742. The molecule has 1 aromatic heterocycles. The van der Waals surface area contributed by atoms with Crippen LogP contribution in [0, 0.1) is 6.92 Å². The molecule has 122 valence electrons. The van der Waals surface area contributed by atoms with E-state index in [-0.39, 0.29) is 4.90 Å². The first-order chi connectivity index (χ1) is 10.9. The molecule has 0 unspecified atom stereocenters. The molecule has 23 heavy (non-hydrogen) atoms. The smallest absolute Gasteiger partial charge is 0.337 e. The normalized spacial score (nSPS) is 15.2. The second kappa shape index (κ2) is 6.07. The third kappa shape index (κ3) is 2.91. The average molecular weight is 351 g/mol. The summed E-state index contributed by atoms with van der Waals surface area (Å²) in [7, 11) is -2.28. The summed E-state index contributed by atoms with van der Waals surface area (Å²) in [5, 5.41) is 2.00. The van der Waals surface area contributed by atoms with Crippen molar-refractivity contribution in [3.8, 4) is 0 Å². The maximum Gasteiger partial charge on any atom is 0.337 e. The van der Waals surface area contributed by atoms with E-state index in [2.05, 4.69) is 4.74 Å². The van der Waals surface area contributed by atoms with Crippen LogP contribution in [0.1, 0.15) is 26.4 Å². The van der Waals surface area contributed by atoms with Gasteiger partial charge in [0, 0.05) is 18.0 Å². The summed E-state index contributed by atoms with van der Waals surface area (Å²) in [6.45, 7) is 2.58. The van der Waals surface area contributed by atoms with E-state index in [1.54, 1.807) is 24.3 Å². The molecular weight excluding hydrogens is 334 g/mol. The molecule has 0 saturated heterocycles. The second-order valence-electron chi connectivity index (χ2n) is 5.43. The largest absolute Gasteiger partial charge is 0.465 e. The Morgan fingerprint density at radius 2 is 2.09 bits per heavy atom. The van der Waals surface area contributed by atoms with E-state index in [1.807, 2.05) is 11.4 Å². The fourth-order valence-corrected chi connectivity index (χ4v) is 5.26. The van der Waals surface area contributed by atoms with Gasteiger partial charge >= 0.3 is 5.97 Å². The molecule has 0 spiro atoms. The number of rotatable bonds is 3. The molecule has 2 heterocycles. The van der Waals surface area contributed by atoms with Crippen molar-refractivity contribution >= 4 is 27.3 Å². The van der Waals surface area contributed by atoms with E-state index in [9.17, 15) is 13.2 Å². The molecule has 0 aliphatic carbocycles. The Hall–Kier alpha value is -1.70. The van der Waals surface area contributed by atoms with Crippen LogP contribution in [-0.2, 0) is 27.7 Å². The third-order valence-corrected chi connectivity index (χ3v) is 7.01. The second-order valence-corrected chi connectivity index (χ2v) is 8.34. The molecule has 0 fully saturated rings. The van der Waals surface area contributed by atoms with Crippen molar-refractivity contribution in [3.05, 3.63) is 51.2 Å². The lowest BCUT2D eigenvalue weighted by Crippen LogP contribution is -2.35. The molecule has 1 aliphatic heterocycles. The highest BCUT2D eigenvalue weighted by Gasteiger charge is 2.30. The van der Waals surface area contributed by atoms with Gasteiger partial charge in [-0.05, 0) is 54.1 Å². The Balaban J connectivity index is 1.93. The fraction of sp³-hybridized carbons (Fsp3) is 0.312. The summed E-state index contributed by atoms with van der Waals surface area (Å²) < 4.78 is 32.0. The molecule has 0 amide bonds. The van der Waals surface area contributed by atoms with Gasteiger partial charge in [0.05, 0.1) is 17.6 Å². The number of esters is 1. The fourth-order valence-electron chi connectivity index (χ4n) is 2.75. The van der Waals surface area contributed by atoms with E-state index in [0.717, 1.165) is 12.0 Å². The van der Waals surface area contributed by atoms with Crippen LogP contribution in [0.25, 0.3) is 0 Å². The average Bonchev–Trinajstić information content (AvgIpc) is 3.01. The van der Waals surface area contributed by atoms with Crippen molar-refractivity contribution in [1.82, 2.24) is 4.31 Å². The predicted molar refractivity (Wildman–Crippen MR) is 88.1 cm³/mol. The van der Waals surface area contributed by atoms with E-state index >= 15 is 0 Å². The number of ether oxygens (including phenoxy) is 1. The number of hydrogen-bond acceptors (Lipinski definition) is 5. The minimum atomic E-state index is -3.58. The van der Waals surface area contributed by atoms with Crippen molar-refractivity contribution in [3.63, 3.8) is 0 Å². The van der Waals surface area contributed by atoms with E-state index < -0.39 is 16.0 Å². The van der Waals surface area contributed by atoms with Crippen molar-refractivity contribution in [1.29, 1.82) is 0 Å². The topological polar surface area (TPSA) is 63.7 Å². The van der Waals surface area contributed by atoms with Gasteiger partial charge in [0.1, 0.15) is 0 Å². The SMILES string of the molecule is COC(=O)c1ccc(S(=O)(=O)N2CCc3sccc3C2)c(C)c1. The van der Waals surface area contributed by atoms with Crippen molar-refractivity contribution in [2.45, 2.75) is 24.8 Å². The van der Waals surface area contributed by atoms with Gasteiger partial charge in [-0.25, -0.2) is 13.2 Å². The Kier molecular flexibility index (Phi) is 4.27. The van der Waals surface area contributed by atoms with Gasteiger partial charge in [0.25, 0.3) is 0 Å². The summed E-state index contributed by atoms with van der Waals surface area (Å²) in [6, 6.07) is 6.51. The van der Waals surface area contributed by atoms with Crippen LogP contribution in [0.5, 0.6) is 0 Å². The van der Waals surface area contributed by atoms with Gasteiger partial charge in [-0.2, -0.15) is 4.31 Å². The lowest BCUT2D eigenvalue weighted by molar-refractivity contribution is 0.0600. The van der Waals surface area contributed by atoms with Crippen LogP contribution < -0.4 is 0 Å². The van der Waals surface area contributed by atoms with Gasteiger partial charge < -0.3 is 4.74 Å². The van der Waals surface area contributed by atoms with Crippen LogP contribution in [0.3, 0.4) is 0 Å². The predicted octanol–water partition coefficient (Wildman–Crippen LogP) is 2.59. The first-order valence-electron chi connectivity index (χ1n) is 7.18. The molecule has 1 aromatic carbocycles. The molecule has 0 bridgehead atoms. The number of nitrogens with zero attached hydrogens (tertiary/aromatic N) is 1. The van der Waals surface area contributed by atoms with Crippen LogP contribution in [0.4, 0.5) is 0 Å². The highest BCUT2D eigenvalue weighted by molar-refractivity contribution is 7.89. The summed E-state index contributed by atoms with van der Waals surface area (Å²) in [5.41, 5.74) is 1.97. The molecule has 0 atom stereocenters. The highest BCUT2D eigenvalue weighted by atomic mass is 32.2. The number of aryl methyl sites for hydroxylation is 1. The van der Waals surface area contributed by atoms with Gasteiger partial charge in [0.15, 0.2) is 0 Å². The quantitative estimate of drug-likeness (QED) is 0.798. The molecule has 2 aromatic rings. The molecular formula is C16H17NO4S2. The third-order valence-electron chi connectivity index (χ3n) is 3.99. The minimum absolute atomic E-state index is 0.240. The molecule has 0 N–H and O–H groups in total. The molecule has 1 aliphatic rings. The van der Waals surface area contributed by atoms with Crippen molar-refractivity contribution < 1.29 is 17.9 Å². The standard InChI is InChI=1S/C16H17NO4S2/c1-11-9-12(16(18)21-2)3-4-15(11)23(19,20)17-7-5-14-13(10-17)6-8-22-14/h3-4,6,8-9H,5,7,10H2,1-2H3. The van der Waals surface area contributed by atoms with Crippen molar-refractivity contribution in [2.75, 3.05) is 13.7 Å². The molecule has 3 rings (SSSR count). The molecule has 7 heteroatoms. The maximum absolute atomic E-state index is 12.9. The van der Waals surface area contributed by atoms with Gasteiger partial charge in [-0.1, -0.05) is 0 Å². The summed E-state index contributed by atoms with van der Waals surface area (Å²) in [5.74, 6) is -0.474. The first kappa shape index (κ1) is 16.2. The van der Waals surface area contributed by atoms with Gasteiger partial charge in [0.2, 0.25) is 10.0 Å². The maximum atomic E-state index is 12.9. The van der Waals surface area contributed by atoms with E-state index in [0.29, 0.717) is 24.2 Å². The van der Waals surface area contributed by atoms with Gasteiger partial charge in [-0.3, -0.25) is 0 Å². The zero-order valence-corrected chi connectivity index (χ0v) is 14.5. The van der Waals surface area contributed by atoms with Crippen LogP contribution in [0.2, 0.25) is 0 Å². The summed E-state index contributed by atoms with van der Waals surface area (Å²) in [4.78, 5) is 13.1. The number of methoxy groups -OCH3 is 1. The van der Waals surface area contributed by atoms with Gasteiger partial charge in [-0.15, -0.1) is 11.3 Å². The number of carbonyl (C=O) groups is 1. The highest BCUT2D eigenvalue weighted by Crippen LogP contribution is 2.29. The van der Waals surface area contributed by atoms with Crippen LogP contribution in [0.15, 0.2) is 34.5 Å². The number of carbonyl (C=O) groups excluding carboxylic acids is 1. The Morgan fingerprint density at radius 3 is 2.78 bits per heavy atom. The zero-order chi connectivity index (χ0) is 16.6. The monoisotopic (exact) mass is 351 g/mol.